The molecule has 0 atom stereocenters. The fourth-order valence-electron chi connectivity index (χ4n) is 2.28. The molecule has 2 heterocycles. The molecule has 0 saturated heterocycles. The lowest BCUT2D eigenvalue weighted by Crippen LogP contribution is -2.33. The number of rotatable bonds is 7. The van der Waals surface area contributed by atoms with Crippen LogP contribution in [0, 0.1) is 6.92 Å². The van der Waals surface area contributed by atoms with Gasteiger partial charge >= 0.3 is 0 Å². The minimum Gasteiger partial charge on any atom is -0.484 e. The predicted octanol–water partition coefficient (Wildman–Crippen LogP) is 3.79. The van der Waals surface area contributed by atoms with Gasteiger partial charge in [0, 0.05) is 0 Å². The maximum absolute atomic E-state index is 12.6. The van der Waals surface area contributed by atoms with Crippen LogP contribution in [0.3, 0.4) is 0 Å². The molecule has 24 heavy (non-hydrogen) atoms. The first kappa shape index (κ1) is 15.9. The van der Waals surface area contributed by atoms with E-state index >= 15 is 0 Å². The SMILES string of the molecule is Cc1ccc(OCC(=O)N(Cc2ccco2)Cc2ccco2)cc1. The highest BCUT2D eigenvalue weighted by Crippen LogP contribution is 2.14. The van der Waals surface area contributed by atoms with E-state index in [2.05, 4.69) is 0 Å². The van der Waals surface area contributed by atoms with Crippen LogP contribution in [0.2, 0.25) is 0 Å². The molecular weight excluding hydrogens is 306 g/mol. The summed E-state index contributed by atoms with van der Waals surface area (Å²) in [7, 11) is 0. The molecular formula is C19H19NO4. The Balaban J connectivity index is 1.64. The number of carbonyl (C=O) groups is 1. The molecule has 124 valence electrons. The monoisotopic (exact) mass is 325 g/mol. The molecule has 0 spiro atoms. The molecule has 0 aliphatic heterocycles. The van der Waals surface area contributed by atoms with E-state index in [9.17, 15) is 4.79 Å². The Hall–Kier alpha value is -2.95. The van der Waals surface area contributed by atoms with E-state index in [1.807, 2.05) is 43.3 Å². The summed E-state index contributed by atoms with van der Waals surface area (Å²) in [5.41, 5.74) is 1.14. The van der Waals surface area contributed by atoms with Crippen LogP contribution >= 0.6 is 0 Å². The zero-order valence-corrected chi connectivity index (χ0v) is 13.5. The molecule has 2 aromatic heterocycles. The van der Waals surface area contributed by atoms with Gasteiger partial charge in [-0.3, -0.25) is 4.79 Å². The van der Waals surface area contributed by atoms with Gasteiger partial charge in [0.05, 0.1) is 25.6 Å². The summed E-state index contributed by atoms with van der Waals surface area (Å²) in [4.78, 5) is 14.2. The zero-order valence-electron chi connectivity index (χ0n) is 13.5. The van der Waals surface area contributed by atoms with Gasteiger partial charge in [0.2, 0.25) is 0 Å². The van der Waals surface area contributed by atoms with Gasteiger partial charge in [-0.15, -0.1) is 0 Å². The average Bonchev–Trinajstić information content (AvgIpc) is 3.27. The summed E-state index contributed by atoms with van der Waals surface area (Å²) in [6.07, 6.45) is 3.18. The average molecular weight is 325 g/mol. The third-order valence-corrected chi connectivity index (χ3v) is 3.59. The van der Waals surface area contributed by atoms with Gasteiger partial charge in [-0.2, -0.15) is 0 Å². The van der Waals surface area contributed by atoms with E-state index in [1.165, 1.54) is 0 Å². The smallest absolute Gasteiger partial charge is 0.261 e. The van der Waals surface area contributed by atoms with Crippen molar-refractivity contribution in [3.8, 4) is 5.75 Å². The third-order valence-electron chi connectivity index (χ3n) is 3.59. The minimum absolute atomic E-state index is 0.0372. The van der Waals surface area contributed by atoms with Crippen LogP contribution in [-0.4, -0.2) is 17.4 Å². The van der Waals surface area contributed by atoms with Gasteiger partial charge in [-0.25, -0.2) is 0 Å². The van der Waals surface area contributed by atoms with Gasteiger partial charge in [0.25, 0.3) is 5.91 Å². The van der Waals surface area contributed by atoms with E-state index in [0.29, 0.717) is 30.4 Å². The summed E-state index contributed by atoms with van der Waals surface area (Å²) in [6, 6.07) is 14.9. The maximum Gasteiger partial charge on any atom is 0.261 e. The van der Waals surface area contributed by atoms with E-state index in [4.69, 9.17) is 13.6 Å². The van der Waals surface area contributed by atoms with Crippen molar-refractivity contribution < 1.29 is 18.4 Å². The van der Waals surface area contributed by atoms with Crippen LogP contribution < -0.4 is 4.74 Å². The molecule has 0 radical (unpaired) electrons. The molecule has 0 fully saturated rings. The molecule has 5 nitrogen and oxygen atoms in total. The van der Waals surface area contributed by atoms with Crippen LogP contribution in [0.4, 0.5) is 0 Å². The van der Waals surface area contributed by atoms with Crippen molar-refractivity contribution in [2.24, 2.45) is 0 Å². The van der Waals surface area contributed by atoms with Gasteiger partial charge in [0.1, 0.15) is 17.3 Å². The normalized spacial score (nSPS) is 10.5. The zero-order chi connectivity index (χ0) is 16.8. The standard InChI is InChI=1S/C19H19NO4/c1-15-6-8-16(9-7-15)24-14-19(21)20(12-17-4-2-10-22-17)13-18-5-3-11-23-18/h2-11H,12-14H2,1H3. The highest BCUT2D eigenvalue weighted by atomic mass is 16.5. The van der Waals surface area contributed by atoms with Crippen molar-refractivity contribution in [3.63, 3.8) is 0 Å². The van der Waals surface area contributed by atoms with E-state index < -0.39 is 0 Å². The Morgan fingerprint density at radius 2 is 1.54 bits per heavy atom. The maximum atomic E-state index is 12.6. The Labute approximate surface area is 140 Å². The van der Waals surface area contributed by atoms with Gasteiger partial charge < -0.3 is 18.5 Å². The van der Waals surface area contributed by atoms with Gasteiger partial charge in [0.15, 0.2) is 6.61 Å². The number of aryl methyl sites for hydroxylation is 1. The highest BCUT2D eigenvalue weighted by molar-refractivity contribution is 5.77. The summed E-state index contributed by atoms with van der Waals surface area (Å²) < 4.78 is 16.3. The van der Waals surface area contributed by atoms with Crippen LogP contribution in [0.15, 0.2) is 69.9 Å². The van der Waals surface area contributed by atoms with E-state index in [1.54, 1.807) is 29.6 Å². The van der Waals surface area contributed by atoms with Crippen molar-refractivity contribution in [1.29, 1.82) is 0 Å². The number of benzene rings is 1. The summed E-state index contributed by atoms with van der Waals surface area (Å²) in [6.45, 7) is 2.70. The van der Waals surface area contributed by atoms with Gasteiger partial charge in [-0.1, -0.05) is 17.7 Å². The van der Waals surface area contributed by atoms with Crippen molar-refractivity contribution in [3.05, 3.63) is 78.1 Å². The molecule has 0 saturated carbocycles. The molecule has 0 bridgehead atoms. The highest BCUT2D eigenvalue weighted by Gasteiger charge is 2.17. The van der Waals surface area contributed by atoms with Crippen molar-refractivity contribution in [1.82, 2.24) is 4.90 Å². The second kappa shape index (κ2) is 7.55. The quantitative estimate of drug-likeness (QED) is 0.663. The summed E-state index contributed by atoms with van der Waals surface area (Å²) in [5, 5.41) is 0. The molecule has 1 amide bonds. The molecule has 0 N–H and O–H groups in total. The molecule has 5 heteroatoms. The fourth-order valence-corrected chi connectivity index (χ4v) is 2.28. The predicted molar refractivity (Wildman–Crippen MR) is 88.3 cm³/mol. The fraction of sp³-hybridized carbons (Fsp3) is 0.211. The van der Waals surface area contributed by atoms with Gasteiger partial charge in [-0.05, 0) is 43.3 Å². The lowest BCUT2D eigenvalue weighted by Gasteiger charge is -2.20. The largest absolute Gasteiger partial charge is 0.484 e. The Morgan fingerprint density at radius 3 is 2.04 bits per heavy atom. The van der Waals surface area contributed by atoms with E-state index in [-0.39, 0.29) is 12.5 Å². The molecule has 0 unspecified atom stereocenters. The molecule has 0 aliphatic rings. The van der Waals surface area contributed by atoms with Crippen LogP contribution in [0.25, 0.3) is 0 Å². The number of carbonyl (C=O) groups excluding carboxylic acids is 1. The van der Waals surface area contributed by atoms with Crippen molar-refractivity contribution in [2.75, 3.05) is 6.61 Å². The molecule has 3 aromatic rings. The third kappa shape index (κ3) is 4.29. The Bertz CT molecular complexity index is 709. The summed E-state index contributed by atoms with van der Waals surface area (Å²) in [5.74, 6) is 1.96. The second-order valence-electron chi connectivity index (χ2n) is 5.51. The van der Waals surface area contributed by atoms with Crippen molar-refractivity contribution in [2.45, 2.75) is 20.0 Å². The number of furan rings is 2. The number of amides is 1. The van der Waals surface area contributed by atoms with Crippen molar-refractivity contribution >= 4 is 5.91 Å². The minimum atomic E-state index is -0.136. The van der Waals surface area contributed by atoms with Crippen LogP contribution in [0.5, 0.6) is 5.75 Å². The lowest BCUT2D eigenvalue weighted by molar-refractivity contribution is -0.135. The molecule has 0 aliphatic carbocycles. The Morgan fingerprint density at radius 1 is 0.958 bits per heavy atom. The number of hydrogen-bond donors (Lipinski definition) is 0. The number of nitrogens with zero attached hydrogens (tertiary/aromatic N) is 1. The topological polar surface area (TPSA) is 55.8 Å². The molecule has 1 aromatic carbocycles. The number of ether oxygens (including phenoxy) is 1. The first-order chi connectivity index (χ1) is 11.7. The molecule has 3 rings (SSSR count). The second-order valence-corrected chi connectivity index (χ2v) is 5.51. The Kier molecular flexibility index (Phi) is 5.01. The lowest BCUT2D eigenvalue weighted by atomic mass is 10.2. The summed E-state index contributed by atoms with van der Waals surface area (Å²) >= 11 is 0. The number of hydrogen-bond acceptors (Lipinski definition) is 4. The van der Waals surface area contributed by atoms with Crippen LogP contribution in [0.1, 0.15) is 17.1 Å². The first-order valence-electron chi connectivity index (χ1n) is 7.73. The van der Waals surface area contributed by atoms with Crippen LogP contribution in [-0.2, 0) is 17.9 Å². The van der Waals surface area contributed by atoms with E-state index in [0.717, 1.165) is 5.56 Å². The first-order valence-corrected chi connectivity index (χ1v) is 7.73.